The van der Waals surface area contributed by atoms with Crippen molar-refractivity contribution in [3.8, 4) is 0 Å². The van der Waals surface area contributed by atoms with Gasteiger partial charge in [-0.2, -0.15) is 0 Å². The monoisotopic (exact) mass is 220 g/mol. The molecule has 0 aliphatic rings. The average molecular weight is 220 g/mol. The third-order valence-electron chi connectivity index (χ3n) is 1.90. The van der Waals surface area contributed by atoms with Gasteiger partial charge in [0.25, 0.3) is 0 Å². The Morgan fingerprint density at radius 2 is 1.67 bits per heavy atom. The molecule has 0 unspecified atom stereocenters. The fourth-order valence-electron chi connectivity index (χ4n) is 1.17. The molecular formula is C11H28N2O2. The standard InChI is InChI=1S/C10H22N2O.CH2O.2H2/c1-3-11-8-6-4-5-7-9-12-10(2)13;1-2;;/h11H,3-9H2,1-2H3,(H,12,13);1H2;2*1H. The fourth-order valence-corrected chi connectivity index (χ4v) is 1.17. The van der Waals surface area contributed by atoms with Crippen LogP contribution >= 0.6 is 0 Å². The highest BCUT2D eigenvalue weighted by molar-refractivity contribution is 5.72. The SMILES string of the molecule is C=O.CCNCCCCCCNC(C)=O.[HH].[HH]. The van der Waals surface area contributed by atoms with Gasteiger partial charge >= 0.3 is 0 Å². The predicted molar refractivity (Wildman–Crippen MR) is 67.0 cm³/mol. The van der Waals surface area contributed by atoms with Crippen molar-refractivity contribution in [2.75, 3.05) is 19.6 Å². The lowest BCUT2D eigenvalue weighted by molar-refractivity contribution is -0.118. The van der Waals surface area contributed by atoms with E-state index in [-0.39, 0.29) is 8.76 Å². The van der Waals surface area contributed by atoms with Crippen LogP contribution in [0.15, 0.2) is 0 Å². The molecule has 0 aliphatic heterocycles. The molecule has 0 aliphatic carbocycles. The van der Waals surface area contributed by atoms with Crippen LogP contribution in [0.5, 0.6) is 0 Å². The summed E-state index contributed by atoms with van der Waals surface area (Å²) < 4.78 is 0. The maximum absolute atomic E-state index is 10.5. The first-order valence-electron chi connectivity index (χ1n) is 5.51. The Kier molecular flexibility index (Phi) is 17.2. The molecule has 94 valence electrons. The van der Waals surface area contributed by atoms with Crippen molar-refractivity contribution in [2.45, 2.75) is 39.5 Å². The first kappa shape index (κ1) is 16.5. The fraction of sp³-hybridized carbons (Fsp3) is 0.818. The van der Waals surface area contributed by atoms with Crippen LogP contribution in [0.4, 0.5) is 0 Å². The molecule has 2 N–H and O–H groups in total. The highest BCUT2D eigenvalue weighted by atomic mass is 16.1. The van der Waals surface area contributed by atoms with Crippen LogP contribution < -0.4 is 10.6 Å². The van der Waals surface area contributed by atoms with E-state index in [0.29, 0.717) is 0 Å². The van der Waals surface area contributed by atoms with Gasteiger partial charge < -0.3 is 15.4 Å². The van der Waals surface area contributed by atoms with Crippen LogP contribution in [0.3, 0.4) is 0 Å². The molecule has 0 radical (unpaired) electrons. The molecule has 0 saturated heterocycles. The predicted octanol–water partition coefficient (Wildman–Crippen LogP) is 1.60. The number of carbonyl (C=O) groups excluding carboxylic acids is 2. The van der Waals surface area contributed by atoms with E-state index in [2.05, 4.69) is 17.6 Å². The summed E-state index contributed by atoms with van der Waals surface area (Å²) in [6.45, 7) is 8.70. The Morgan fingerprint density at radius 1 is 1.13 bits per heavy atom. The Balaban J connectivity index is -0.000000199. The molecule has 1 amide bonds. The summed E-state index contributed by atoms with van der Waals surface area (Å²) in [5.74, 6) is 0.0765. The van der Waals surface area contributed by atoms with Crippen molar-refractivity contribution in [1.29, 1.82) is 0 Å². The van der Waals surface area contributed by atoms with E-state index < -0.39 is 0 Å². The average Bonchev–Trinajstić information content (AvgIpc) is 2.24. The summed E-state index contributed by atoms with van der Waals surface area (Å²) in [5, 5.41) is 6.08. The van der Waals surface area contributed by atoms with E-state index >= 15 is 0 Å². The minimum absolute atomic E-state index is 0. The van der Waals surface area contributed by atoms with Gasteiger partial charge in [-0.3, -0.25) is 4.79 Å². The van der Waals surface area contributed by atoms with E-state index in [9.17, 15) is 4.79 Å². The van der Waals surface area contributed by atoms with Gasteiger partial charge in [0.15, 0.2) is 0 Å². The quantitative estimate of drug-likeness (QED) is 0.611. The first-order chi connectivity index (χ1) is 7.27. The molecule has 0 fully saturated rings. The largest absolute Gasteiger partial charge is 0.356 e. The second-order valence-corrected chi connectivity index (χ2v) is 3.25. The highest BCUT2D eigenvalue weighted by Crippen LogP contribution is 1.97. The van der Waals surface area contributed by atoms with Crippen LogP contribution in [0.25, 0.3) is 0 Å². The number of hydrogen-bond acceptors (Lipinski definition) is 3. The smallest absolute Gasteiger partial charge is 0.216 e. The molecule has 0 saturated carbocycles. The second-order valence-electron chi connectivity index (χ2n) is 3.25. The normalized spacial score (nSPS) is 8.93. The molecule has 4 heteroatoms. The minimum atomic E-state index is 0. The molecule has 0 rings (SSSR count). The molecule has 0 aromatic rings. The zero-order valence-electron chi connectivity index (χ0n) is 9.97. The number of rotatable bonds is 8. The van der Waals surface area contributed by atoms with Gasteiger partial charge in [0.05, 0.1) is 0 Å². The van der Waals surface area contributed by atoms with Crippen molar-refractivity contribution in [3.05, 3.63) is 0 Å². The number of carbonyl (C=O) groups is 2. The summed E-state index contributed by atoms with van der Waals surface area (Å²) >= 11 is 0. The Morgan fingerprint density at radius 3 is 2.13 bits per heavy atom. The maximum Gasteiger partial charge on any atom is 0.216 e. The number of amides is 1. The van der Waals surface area contributed by atoms with Gasteiger partial charge in [-0.15, -0.1) is 0 Å². The van der Waals surface area contributed by atoms with E-state index in [1.807, 2.05) is 6.79 Å². The Bertz CT molecular complexity index is 149. The number of nitrogens with one attached hydrogen (secondary N) is 2. The van der Waals surface area contributed by atoms with Crippen LogP contribution in [-0.4, -0.2) is 32.3 Å². The third-order valence-corrected chi connectivity index (χ3v) is 1.90. The van der Waals surface area contributed by atoms with Crippen LogP contribution in [0, 0.1) is 0 Å². The minimum Gasteiger partial charge on any atom is -0.356 e. The molecule has 0 heterocycles. The molecule has 0 aromatic carbocycles. The zero-order valence-corrected chi connectivity index (χ0v) is 9.97. The molecule has 4 nitrogen and oxygen atoms in total. The van der Waals surface area contributed by atoms with Gasteiger partial charge in [-0.05, 0) is 25.9 Å². The zero-order chi connectivity index (χ0) is 11.9. The van der Waals surface area contributed by atoms with Crippen molar-refractivity contribution in [1.82, 2.24) is 10.6 Å². The summed E-state index contributed by atoms with van der Waals surface area (Å²) in [6.07, 6.45) is 4.82. The van der Waals surface area contributed by atoms with Gasteiger partial charge in [-0.25, -0.2) is 0 Å². The lowest BCUT2D eigenvalue weighted by atomic mass is 10.2. The Labute approximate surface area is 95.8 Å². The molecular weight excluding hydrogens is 192 g/mol. The third kappa shape index (κ3) is 19.5. The van der Waals surface area contributed by atoms with Crippen molar-refractivity contribution < 1.29 is 12.4 Å². The van der Waals surface area contributed by atoms with Crippen molar-refractivity contribution >= 4 is 12.7 Å². The summed E-state index contributed by atoms with van der Waals surface area (Å²) in [4.78, 5) is 18.5. The molecule has 0 atom stereocenters. The van der Waals surface area contributed by atoms with Gasteiger partial charge in [0, 0.05) is 16.3 Å². The summed E-state index contributed by atoms with van der Waals surface area (Å²) in [5.41, 5.74) is 0. The summed E-state index contributed by atoms with van der Waals surface area (Å²) in [6, 6.07) is 0. The van der Waals surface area contributed by atoms with Gasteiger partial charge in [-0.1, -0.05) is 19.8 Å². The van der Waals surface area contributed by atoms with E-state index in [1.54, 1.807) is 6.92 Å². The molecule has 0 spiro atoms. The van der Waals surface area contributed by atoms with Gasteiger partial charge in [0.1, 0.15) is 6.79 Å². The van der Waals surface area contributed by atoms with Crippen LogP contribution in [0.2, 0.25) is 0 Å². The van der Waals surface area contributed by atoms with Crippen molar-refractivity contribution in [3.63, 3.8) is 0 Å². The second kappa shape index (κ2) is 15.6. The lowest BCUT2D eigenvalue weighted by Crippen LogP contribution is -2.20. The van der Waals surface area contributed by atoms with Gasteiger partial charge in [0.2, 0.25) is 5.91 Å². The van der Waals surface area contributed by atoms with Crippen LogP contribution in [0.1, 0.15) is 42.4 Å². The van der Waals surface area contributed by atoms with E-state index in [4.69, 9.17) is 4.79 Å². The lowest BCUT2D eigenvalue weighted by Gasteiger charge is -2.02. The maximum atomic E-state index is 10.5. The van der Waals surface area contributed by atoms with Crippen LogP contribution in [-0.2, 0) is 9.59 Å². The summed E-state index contributed by atoms with van der Waals surface area (Å²) in [7, 11) is 0. The Hall–Kier alpha value is -0.900. The molecule has 15 heavy (non-hydrogen) atoms. The highest BCUT2D eigenvalue weighted by Gasteiger charge is 1.91. The molecule has 0 bridgehead atoms. The first-order valence-corrected chi connectivity index (χ1v) is 5.51. The van der Waals surface area contributed by atoms with E-state index in [0.717, 1.165) is 26.1 Å². The topological polar surface area (TPSA) is 58.2 Å². The number of hydrogen-bond donors (Lipinski definition) is 2. The number of unbranched alkanes of at least 4 members (excludes halogenated alkanes) is 3. The molecule has 0 aromatic heterocycles. The van der Waals surface area contributed by atoms with E-state index in [1.165, 1.54) is 19.3 Å². The van der Waals surface area contributed by atoms with Crippen molar-refractivity contribution in [2.24, 2.45) is 0 Å².